The molecular weight excluding hydrogens is 470 g/mol. The number of carbonyl (C=O) groups excluding carboxylic acids is 1. The number of rotatable bonds is 10. The number of likely N-dealkylation sites (N-methyl/N-ethyl adjacent to an activating group) is 1. The van der Waals surface area contributed by atoms with E-state index in [2.05, 4.69) is 34.5 Å². The van der Waals surface area contributed by atoms with Crippen molar-refractivity contribution < 1.29 is 19.4 Å². The molecule has 0 atom stereocenters. The average molecular weight is 512 g/mol. The molecular formula is C28H41N5O4. The van der Waals surface area contributed by atoms with E-state index in [-0.39, 0.29) is 12.0 Å². The smallest absolute Gasteiger partial charge is 0.404 e. The maximum Gasteiger partial charge on any atom is 0.404 e. The molecule has 1 aliphatic heterocycles. The Morgan fingerprint density at radius 2 is 1.68 bits per heavy atom. The summed E-state index contributed by atoms with van der Waals surface area (Å²) in [7, 11) is 4.11. The summed E-state index contributed by atoms with van der Waals surface area (Å²) in [6.07, 6.45) is 5.18. The van der Waals surface area contributed by atoms with Crippen LogP contribution in [0.15, 0.2) is 30.3 Å². The lowest BCUT2D eigenvalue weighted by Crippen LogP contribution is -2.38. The minimum atomic E-state index is -0.962. The number of anilines is 1. The molecule has 1 aromatic carbocycles. The number of pyridine rings is 1. The number of carboxylic acid groups (broad SMARTS) is 1. The number of hydrogen-bond donors (Lipinski definition) is 3. The highest BCUT2D eigenvalue weighted by Crippen LogP contribution is 2.29. The molecule has 0 radical (unpaired) electrons. The first-order chi connectivity index (χ1) is 17.9. The van der Waals surface area contributed by atoms with Gasteiger partial charge < -0.3 is 30.3 Å². The van der Waals surface area contributed by atoms with E-state index in [1.165, 1.54) is 0 Å². The number of hydrogen-bond acceptors (Lipinski definition) is 6. The van der Waals surface area contributed by atoms with Gasteiger partial charge in [0.2, 0.25) is 0 Å². The third-order valence-electron chi connectivity index (χ3n) is 7.66. The predicted octanol–water partition coefficient (Wildman–Crippen LogP) is 3.59. The Bertz CT molecular complexity index is 1050. The maximum absolute atomic E-state index is 13.3. The van der Waals surface area contributed by atoms with Gasteiger partial charge in [0.05, 0.1) is 23.8 Å². The molecule has 202 valence electrons. The summed E-state index contributed by atoms with van der Waals surface area (Å²) in [6, 6.07) is 9.79. The highest BCUT2D eigenvalue weighted by Gasteiger charge is 2.24. The Kier molecular flexibility index (Phi) is 9.57. The van der Waals surface area contributed by atoms with E-state index in [9.17, 15) is 9.59 Å². The summed E-state index contributed by atoms with van der Waals surface area (Å²) in [4.78, 5) is 33.4. The molecule has 1 aromatic heterocycles. The number of amides is 2. The number of benzene rings is 1. The van der Waals surface area contributed by atoms with E-state index in [0.29, 0.717) is 30.5 Å². The van der Waals surface area contributed by atoms with E-state index >= 15 is 0 Å². The average Bonchev–Trinajstić information content (AvgIpc) is 2.90. The van der Waals surface area contributed by atoms with Crippen LogP contribution in [-0.4, -0.2) is 86.5 Å². The number of fused-ring (bicyclic) bond motifs is 1. The van der Waals surface area contributed by atoms with Gasteiger partial charge in [-0.15, -0.1) is 0 Å². The van der Waals surface area contributed by atoms with Gasteiger partial charge in [-0.05, 0) is 76.6 Å². The first-order valence-corrected chi connectivity index (χ1v) is 13.5. The van der Waals surface area contributed by atoms with E-state index in [0.717, 1.165) is 81.5 Å². The van der Waals surface area contributed by atoms with Gasteiger partial charge in [0.25, 0.3) is 5.91 Å². The van der Waals surface area contributed by atoms with Gasteiger partial charge in [0, 0.05) is 38.1 Å². The molecule has 3 N–H and O–H groups in total. The van der Waals surface area contributed by atoms with Crippen LogP contribution in [0.2, 0.25) is 0 Å². The number of para-hydroxylation sites is 1. The second-order valence-corrected chi connectivity index (χ2v) is 10.7. The molecule has 2 heterocycles. The quantitative estimate of drug-likeness (QED) is 0.448. The Morgan fingerprint density at radius 1 is 1.03 bits per heavy atom. The number of ether oxygens (including phenoxy) is 1. The van der Waals surface area contributed by atoms with Crippen molar-refractivity contribution >= 4 is 28.7 Å². The van der Waals surface area contributed by atoms with Gasteiger partial charge in [-0.3, -0.25) is 4.79 Å². The zero-order valence-corrected chi connectivity index (χ0v) is 22.1. The summed E-state index contributed by atoms with van der Waals surface area (Å²) in [5.74, 6) is 1.60. The topological polar surface area (TPSA) is 107 Å². The number of nitrogens with zero attached hydrogens (tertiary/aromatic N) is 3. The van der Waals surface area contributed by atoms with E-state index in [4.69, 9.17) is 14.8 Å². The summed E-state index contributed by atoms with van der Waals surface area (Å²) in [5, 5.41) is 15.4. The first-order valence-electron chi connectivity index (χ1n) is 13.5. The predicted molar refractivity (Wildman–Crippen MR) is 145 cm³/mol. The fraction of sp³-hybridized carbons (Fsp3) is 0.607. The zero-order chi connectivity index (χ0) is 26.2. The Hall–Kier alpha value is -2.91. The Labute approximate surface area is 219 Å². The van der Waals surface area contributed by atoms with Crippen LogP contribution in [0.4, 0.5) is 10.6 Å². The monoisotopic (exact) mass is 511 g/mol. The lowest BCUT2D eigenvalue weighted by Gasteiger charge is -2.33. The summed E-state index contributed by atoms with van der Waals surface area (Å²) >= 11 is 0. The number of piperidine rings is 1. The van der Waals surface area contributed by atoms with E-state index in [1.54, 1.807) is 0 Å². The second-order valence-electron chi connectivity index (χ2n) is 10.7. The molecule has 2 fully saturated rings. The van der Waals surface area contributed by atoms with Crippen molar-refractivity contribution in [3.8, 4) is 0 Å². The molecule has 37 heavy (non-hydrogen) atoms. The zero-order valence-electron chi connectivity index (χ0n) is 22.1. The second kappa shape index (κ2) is 13.1. The van der Waals surface area contributed by atoms with Crippen molar-refractivity contribution in [1.29, 1.82) is 0 Å². The molecule has 4 rings (SSSR count). The molecule has 2 aromatic rings. The van der Waals surface area contributed by atoms with Gasteiger partial charge in [-0.2, -0.15) is 0 Å². The van der Waals surface area contributed by atoms with Crippen LogP contribution in [0, 0.1) is 11.8 Å². The molecule has 9 heteroatoms. The van der Waals surface area contributed by atoms with Crippen LogP contribution < -0.4 is 15.5 Å². The molecule has 1 saturated carbocycles. The first kappa shape index (κ1) is 27.1. The van der Waals surface area contributed by atoms with Crippen LogP contribution in [-0.2, 0) is 4.74 Å². The summed E-state index contributed by atoms with van der Waals surface area (Å²) < 4.78 is 6.05. The fourth-order valence-electron chi connectivity index (χ4n) is 5.37. The minimum absolute atomic E-state index is 0.0589. The van der Waals surface area contributed by atoms with Gasteiger partial charge in [-0.1, -0.05) is 18.2 Å². The van der Waals surface area contributed by atoms with Crippen molar-refractivity contribution in [2.75, 3.05) is 58.3 Å². The van der Waals surface area contributed by atoms with E-state index < -0.39 is 6.09 Å². The molecule has 9 nitrogen and oxygen atoms in total. The van der Waals surface area contributed by atoms with Gasteiger partial charge in [0.1, 0.15) is 5.82 Å². The number of aromatic nitrogens is 1. The standard InChI is InChI=1S/C28H41N5O4/c1-32(2)15-16-37-22-11-13-33(14-12-22)26-17-24(23-5-3-4-6-25(23)31-26)27(34)29-18-20-7-9-21(10-8-20)19-30-28(35)36/h3-6,17,20-22,30H,7-16,18-19H2,1-2H3,(H,29,34)(H,35,36). The van der Waals surface area contributed by atoms with Crippen LogP contribution >= 0.6 is 0 Å². The Balaban J connectivity index is 1.35. The molecule has 2 amide bonds. The van der Waals surface area contributed by atoms with Crippen molar-refractivity contribution in [2.24, 2.45) is 11.8 Å². The van der Waals surface area contributed by atoms with Gasteiger partial charge in [0.15, 0.2) is 0 Å². The maximum atomic E-state index is 13.3. The molecule has 1 saturated heterocycles. The van der Waals surface area contributed by atoms with Crippen LogP contribution in [0.25, 0.3) is 10.9 Å². The van der Waals surface area contributed by atoms with Gasteiger partial charge in [-0.25, -0.2) is 9.78 Å². The van der Waals surface area contributed by atoms with E-state index in [1.807, 2.05) is 30.3 Å². The molecule has 0 unspecified atom stereocenters. The highest BCUT2D eigenvalue weighted by molar-refractivity contribution is 6.07. The largest absolute Gasteiger partial charge is 0.465 e. The van der Waals surface area contributed by atoms with Crippen molar-refractivity contribution in [3.05, 3.63) is 35.9 Å². The third kappa shape index (κ3) is 7.79. The van der Waals surface area contributed by atoms with Crippen LogP contribution in [0.5, 0.6) is 0 Å². The molecule has 1 aliphatic carbocycles. The molecule has 0 spiro atoms. The summed E-state index contributed by atoms with van der Waals surface area (Å²) in [5.41, 5.74) is 1.50. The Morgan fingerprint density at radius 3 is 2.32 bits per heavy atom. The SMILES string of the molecule is CN(C)CCOC1CCN(c2cc(C(=O)NCC3CCC(CNC(=O)O)CC3)c3ccccc3n2)CC1. The normalized spacial score (nSPS) is 20.8. The highest BCUT2D eigenvalue weighted by atomic mass is 16.5. The van der Waals surface area contributed by atoms with Gasteiger partial charge >= 0.3 is 6.09 Å². The number of carbonyl (C=O) groups is 2. The fourth-order valence-corrected chi connectivity index (χ4v) is 5.37. The molecule has 0 bridgehead atoms. The van der Waals surface area contributed by atoms with Crippen LogP contribution in [0.1, 0.15) is 48.9 Å². The lowest BCUT2D eigenvalue weighted by molar-refractivity contribution is 0.0293. The van der Waals surface area contributed by atoms with Crippen molar-refractivity contribution in [1.82, 2.24) is 20.5 Å². The molecule has 2 aliphatic rings. The minimum Gasteiger partial charge on any atom is -0.465 e. The van der Waals surface area contributed by atoms with Crippen molar-refractivity contribution in [3.63, 3.8) is 0 Å². The van der Waals surface area contributed by atoms with Crippen LogP contribution in [0.3, 0.4) is 0 Å². The van der Waals surface area contributed by atoms with Crippen molar-refractivity contribution in [2.45, 2.75) is 44.6 Å². The third-order valence-corrected chi connectivity index (χ3v) is 7.66. The number of nitrogens with one attached hydrogen (secondary N) is 2. The summed E-state index contributed by atoms with van der Waals surface area (Å²) in [6.45, 7) is 4.54. The lowest BCUT2D eigenvalue weighted by atomic mass is 9.82.